The summed E-state index contributed by atoms with van der Waals surface area (Å²) in [4.78, 5) is 0. The molecule has 206 valence electrons. The standard InChI is InChI=1S/C18H9F17O/c1-7(2)8-5-3-4-6-9(8)36-11(20)10(19)12(21,22)13(23,24)14(25,26)15(27,28)16(29,30)17(31,32)18(33,34)35/h3-6H,1H2,2H3. The van der Waals surface area contributed by atoms with Crippen molar-refractivity contribution in [1.82, 2.24) is 0 Å². The van der Waals surface area contributed by atoms with Crippen LogP contribution < -0.4 is 4.74 Å². The maximum atomic E-state index is 13.8. The van der Waals surface area contributed by atoms with Gasteiger partial charge in [-0.1, -0.05) is 24.8 Å². The minimum Gasteiger partial charge on any atom is -0.429 e. The normalized spacial score (nSPS) is 15.5. The van der Waals surface area contributed by atoms with Crippen LogP contribution in [0.3, 0.4) is 0 Å². The summed E-state index contributed by atoms with van der Waals surface area (Å²) in [5, 5.41) is 0. The SMILES string of the molecule is C=C(C)c1ccccc1OC(F)=C(F)C(F)(F)C(F)(F)C(F)(F)C(F)(F)C(F)(F)C(F)(F)C(F)(F)F. The highest BCUT2D eigenvalue weighted by Crippen LogP contribution is 2.63. The van der Waals surface area contributed by atoms with Gasteiger partial charge in [-0.3, -0.25) is 0 Å². The van der Waals surface area contributed by atoms with Crippen molar-refractivity contribution >= 4 is 5.57 Å². The minimum absolute atomic E-state index is 0.0742. The first kappa shape index (κ1) is 31.3. The highest BCUT2D eigenvalue weighted by Gasteiger charge is 2.93. The molecule has 0 aromatic heterocycles. The van der Waals surface area contributed by atoms with E-state index in [9.17, 15) is 74.6 Å². The number of alkyl halides is 15. The minimum atomic E-state index is -8.63. The molecular weight excluding hydrogens is 555 g/mol. The molecule has 18 heteroatoms. The van der Waals surface area contributed by atoms with E-state index in [1.165, 1.54) is 0 Å². The lowest BCUT2D eigenvalue weighted by Gasteiger charge is -2.41. The van der Waals surface area contributed by atoms with Crippen molar-refractivity contribution in [2.75, 3.05) is 0 Å². The Kier molecular flexibility index (Phi) is 7.84. The lowest BCUT2D eigenvalue weighted by atomic mass is 9.91. The molecule has 1 aromatic rings. The zero-order valence-corrected chi connectivity index (χ0v) is 16.9. The Bertz CT molecular complexity index is 1020. The Balaban J connectivity index is 3.64. The molecule has 1 rings (SSSR count). The first-order valence-corrected chi connectivity index (χ1v) is 8.55. The van der Waals surface area contributed by atoms with Gasteiger partial charge in [0.15, 0.2) is 0 Å². The number of para-hydroxylation sites is 1. The van der Waals surface area contributed by atoms with Gasteiger partial charge in [0.05, 0.1) is 0 Å². The van der Waals surface area contributed by atoms with Gasteiger partial charge in [-0.25, -0.2) is 0 Å². The van der Waals surface area contributed by atoms with Gasteiger partial charge in [-0.05, 0) is 18.6 Å². The number of hydrogen-bond acceptors (Lipinski definition) is 1. The predicted molar refractivity (Wildman–Crippen MR) is 86.8 cm³/mol. The maximum Gasteiger partial charge on any atom is 0.460 e. The van der Waals surface area contributed by atoms with Gasteiger partial charge >= 0.3 is 47.7 Å². The van der Waals surface area contributed by atoms with E-state index in [0.29, 0.717) is 6.07 Å². The predicted octanol–water partition coefficient (Wildman–Crippen LogP) is 8.58. The molecule has 36 heavy (non-hydrogen) atoms. The van der Waals surface area contributed by atoms with E-state index in [4.69, 9.17) is 0 Å². The molecule has 1 nitrogen and oxygen atoms in total. The Morgan fingerprint density at radius 2 is 1.03 bits per heavy atom. The summed E-state index contributed by atoms with van der Waals surface area (Å²) in [6.45, 7) is 4.43. The van der Waals surface area contributed by atoms with Gasteiger partial charge in [0.2, 0.25) is 5.83 Å². The number of rotatable bonds is 9. The Morgan fingerprint density at radius 3 is 1.44 bits per heavy atom. The molecule has 0 heterocycles. The Labute approximate surface area is 188 Å². The van der Waals surface area contributed by atoms with Gasteiger partial charge in [-0.2, -0.15) is 74.6 Å². The van der Waals surface area contributed by atoms with Crippen molar-refractivity contribution in [2.24, 2.45) is 0 Å². The molecule has 0 aliphatic rings. The third-order valence-electron chi connectivity index (χ3n) is 4.32. The first-order valence-electron chi connectivity index (χ1n) is 8.55. The summed E-state index contributed by atoms with van der Waals surface area (Å²) in [6.07, 6.45) is -7.78. The monoisotopic (exact) mass is 564 g/mol. The van der Waals surface area contributed by atoms with E-state index >= 15 is 0 Å². The van der Waals surface area contributed by atoms with Gasteiger partial charge < -0.3 is 4.74 Å². The van der Waals surface area contributed by atoms with E-state index in [0.717, 1.165) is 25.1 Å². The first-order chi connectivity index (χ1) is 15.7. The van der Waals surface area contributed by atoms with Crippen LogP contribution in [0.4, 0.5) is 74.6 Å². The van der Waals surface area contributed by atoms with Gasteiger partial charge in [-0.15, -0.1) is 0 Å². The van der Waals surface area contributed by atoms with Crippen LogP contribution in [0.15, 0.2) is 42.7 Å². The molecule has 0 aliphatic carbocycles. The Hall–Kier alpha value is -2.69. The highest BCUT2D eigenvalue weighted by molar-refractivity contribution is 5.67. The topological polar surface area (TPSA) is 9.23 Å². The smallest absolute Gasteiger partial charge is 0.429 e. The summed E-state index contributed by atoms with van der Waals surface area (Å²) in [7, 11) is 0. The van der Waals surface area contributed by atoms with Crippen LogP contribution in [0.1, 0.15) is 12.5 Å². The van der Waals surface area contributed by atoms with Crippen molar-refractivity contribution in [2.45, 2.75) is 48.6 Å². The quantitative estimate of drug-likeness (QED) is 0.216. The van der Waals surface area contributed by atoms with Crippen molar-refractivity contribution in [3.05, 3.63) is 48.2 Å². The van der Waals surface area contributed by atoms with E-state index < -0.39 is 59.3 Å². The fourth-order valence-electron chi connectivity index (χ4n) is 2.28. The zero-order valence-electron chi connectivity index (χ0n) is 16.9. The van der Waals surface area contributed by atoms with Crippen LogP contribution >= 0.6 is 0 Å². The van der Waals surface area contributed by atoms with Crippen LogP contribution in [0.5, 0.6) is 5.75 Å². The summed E-state index contributed by atoms with van der Waals surface area (Å²) in [6, 6.07) is 0.233. The second-order valence-corrected chi connectivity index (χ2v) is 6.91. The molecular formula is C18H9F17O. The second-order valence-electron chi connectivity index (χ2n) is 6.91. The Morgan fingerprint density at radius 1 is 0.639 bits per heavy atom. The third kappa shape index (κ3) is 4.46. The molecule has 0 unspecified atom stereocenters. The molecule has 0 bridgehead atoms. The van der Waals surface area contributed by atoms with E-state index in [-0.39, 0.29) is 11.1 Å². The summed E-state index contributed by atoms with van der Waals surface area (Å²) in [5.41, 5.74) is -0.406. The summed E-state index contributed by atoms with van der Waals surface area (Å²) < 4.78 is 228. The second kappa shape index (κ2) is 9.00. The fourth-order valence-corrected chi connectivity index (χ4v) is 2.28. The highest BCUT2D eigenvalue weighted by atomic mass is 19.4. The molecule has 0 fully saturated rings. The maximum absolute atomic E-state index is 13.8. The zero-order chi connectivity index (χ0) is 28.9. The molecule has 0 spiro atoms. The van der Waals surface area contributed by atoms with Crippen molar-refractivity contribution in [1.29, 1.82) is 0 Å². The van der Waals surface area contributed by atoms with E-state index in [2.05, 4.69) is 11.3 Å². The number of allylic oxidation sites excluding steroid dienone is 2. The van der Waals surface area contributed by atoms with Crippen molar-refractivity contribution < 1.29 is 79.4 Å². The van der Waals surface area contributed by atoms with Crippen LogP contribution in [0.25, 0.3) is 5.57 Å². The summed E-state index contributed by atoms with van der Waals surface area (Å²) >= 11 is 0. The number of ether oxygens (including phenoxy) is 1. The fraction of sp³-hybridized carbons (Fsp3) is 0.444. The molecule has 1 aromatic carbocycles. The molecule has 0 saturated carbocycles. The van der Waals surface area contributed by atoms with Crippen LogP contribution in [-0.2, 0) is 0 Å². The third-order valence-corrected chi connectivity index (χ3v) is 4.32. The molecule has 0 radical (unpaired) electrons. The average Bonchev–Trinajstić information content (AvgIpc) is 2.71. The number of halogens is 17. The summed E-state index contributed by atoms with van der Waals surface area (Å²) in [5.74, 6) is -55.1. The lowest BCUT2D eigenvalue weighted by Crippen LogP contribution is -2.72. The number of benzene rings is 1. The van der Waals surface area contributed by atoms with E-state index in [1.54, 1.807) is 0 Å². The lowest BCUT2D eigenvalue weighted by molar-refractivity contribution is -0.451. The van der Waals surface area contributed by atoms with Gasteiger partial charge in [0, 0.05) is 5.56 Å². The number of hydrogen-bond donors (Lipinski definition) is 0. The molecule has 0 aliphatic heterocycles. The van der Waals surface area contributed by atoms with Crippen molar-refractivity contribution in [3.8, 4) is 5.75 Å². The van der Waals surface area contributed by atoms with Crippen LogP contribution in [0.2, 0.25) is 0 Å². The van der Waals surface area contributed by atoms with Crippen molar-refractivity contribution in [3.63, 3.8) is 0 Å². The molecule has 0 atom stereocenters. The van der Waals surface area contributed by atoms with Crippen LogP contribution in [0, 0.1) is 0 Å². The largest absolute Gasteiger partial charge is 0.460 e. The van der Waals surface area contributed by atoms with Crippen LogP contribution in [-0.4, -0.2) is 41.7 Å². The van der Waals surface area contributed by atoms with E-state index in [1.807, 2.05) is 0 Å². The molecule has 0 amide bonds. The van der Waals surface area contributed by atoms with Gasteiger partial charge in [0.1, 0.15) is 5.75 Å². The molecule has 0 saturated heterocycles. The average molecular weight is 564 g/mol. The van der Waals surface area contributed by atoms with Gasteiger partial charge in [0.25, 0.3) is 0 Å². The molecule has 0 N–H and O–H groups in total.